The second-order valence-electron chi connectivity index (χ2n) is 7.06. The Morgan fingerprint density at radius 3 is 2.68 bits per heavy atom. The highest BCUT2D eigenvalue weighted by molar-refractivity contribution is 5.19. The van der Waals surface area contributed by atoms with E-state index in [0.29, 0.717) is 24.8 Å². The quantitative estimate of drug-likeness (QED) is 0.652. The van der Waals surface area contributed by atoms with Crippen molar-refractivity contribution in [2.75, 3.05) is 7.05 Å². The third kappa shape index (κ3) is 3.99. The van der Waals surface area contributed by atoms with Crippen LogP contribution in [0, 0.1) is 5.92 Å². The first-order valence-corrected chi connectivity index (χ1v) is 8.80. The zero-order chi connectivity index (χ0) is 17.2. The van der Waals surface area contributed by atoms with E-state index in [0.717, 1.165) is 29.8 Å². The van der Waals surface area contributed by atoms with Gasteiger partial charge in [-0.25, -0.2) is 0 Å². The largest absolute Gasteiger partial charge is 0.464 e. The number of hydrogen-bond donors (Lipinski definition) is 0. The SMILES string of the molecule is C[C@H]1C[C@H]1c1ccc(CN(C)Cc2nc(Cc3ccccc3)no2)o1. The van der Waals surface area contributed by atoms with Crippen LogP contribution in [-0.4, -0.2) is 22.1 Å². The van der Waals surface area contributed by atoms with Gasteiger partial charge in [-0.1, -0.05) is 42.4 Å². The van der Waals surface area contributed by atoms with Gasteiger partial charge in [-0.15, -0.1) is 0 Å². The van der Waals surface area contributed by atoms with Gasteiger partial charge in [0.1, 0.15) is 11.5 Å². The van der Waals surface area contributed by atoms with Crippen molar-refractivity contribution in [1.82, 2.24) is 15.0 Å². The van der Waals surface area contributed by atoms with Crippen molar-refractivity contribution in [3.63, 3.8) is 0 Å². The molecule has 0 unspecified atom stereocenters. The Labute approximate surface area is 147 Å². The molecule has 1 aromatic carbocycles. The molecule has 0 N–H and O–H groups in total. The minimum Gasteiger partial charge on any atom is -0.464 e. The van der Waals surface area contributed by atoms with E-state index in [1.807, 2.05) is 25.2 Å². The second-order valence-corrected chi connectivity index (χ2v) is 7.06. The highest BCUT2D eigenvalue weighted by Gasteiger charge is 2.36. The van der Waals surface area contributed by atoms with E-state index < -0.39 is 0 Å². The summed E-state index contributed by atoms with van der Waals surface area (Å²) in [4.78, 5) is 6.61. The first-order valence-electron chi connectivity index (χ1n) is 8.80. The lowest BCUT2D eigenvalue weighted by molar-refractivity contribution is 0.242. The Hall–Kier alpha value is -2.40. The fourth-order valence-electron chi connectivity index (χ4n) is 3.15. The number of hydrogen-bond acceptors (Lipinski definition) is 5. The molecule has 0 bridgehead atoms. The third-order valence-electron chi connectivity index (χ3n) is 4.70. The molecular formula is C20H23N3O2. The van der Waals surface area contributed by atoms with Gasteiger partial charge in [-0.05, 0) is 37.1 Å². The number of furan rings is 1. The van der Waals surface area contributed by atoms with E-state index in [4.69, 9.17) is 8.94 Å². The van der Waals surface area contributed by atoms with Crippen LogP contribution < -0.4 is 0 Å². The predicted molar refractivity (Wildman–Crippen MR) is 93.9 cm³/mol. The molecule has 1 saturated carbocycles. The lowest BCUT2D eigenvalue weighted by Gasteiger charge is -2.11. The molecular weight excluding hydrogens is 314 g/mol. The van der Waals surface area contributed by atoms with Gasteiger partial charge in [0, 0.05) is 12.3 Å². The molecule has 1 aliphatic rings. The van der Waals surface area contributed by atoms with Crippen LogP contribution in [0.4, 0.5) is 0 Å². The minimum atomic E-state index is 0.609. The Morgan fingerprint density at radius 2 is 1.92 bits per heavy atom. The van der Waals surface area contributed by atoms with Gasteiger partial charge in [0.2, 0.25) is 5.89 Å². The topological polar surface area (TPSA) is 55.3 Å². The molecule has 130 valence electrons. The summed E-state index contributed by atoms with van der Waals surface area (Å²) in [5.74, 6) is 4.85. The average molecular weight is 337 g/mol. The van der Waals surface area contributed by atoms with Crippen LogP contribution >= 0.6 is 0 Å². The van der Waals surface area contributed by atoms with Gasteiger partial charge in [0.25, 0.3) is 0 Å². The molecule has 2 atom stereocenters. The third-order valence-corrected chi connectivity index (χ3v) is 4.70. The smallest absolute Gasteiger partial charge is 0.240 e. The number of aromatic nitrogens is 2. The van der Waals surface area contributed by atoms with Gasteiger partial charge in [0.15, 0.2) is 5.82 Å². The van der Waals surface area contributed by atoms with Gasteiger partial charge in [-0.3, -0.25) is 4.90 Å². The molecule has 2 heterocycles. The fraction of sp³-hybridized carbons (Fsp3) is 0.400. The maximum Gasteiger partial charge on any atom is 0.240 e. The van der Waals surface area contributed by atoms with Crippen molar-refractivity contribution >= 4 is 0 Å². The normalized spacial score (nSPS) is 19.5. The molecule has 5 heteroatoms. The van der Waals surface area contributed by atoms with E-state index in [-0.39, 0.29) is 0 Å². The van der Waals surface area contributed by atoms with Crippen molar-refractivity contribution in [2.24, 2.45) is 5.92 Å². The van der Waals surface area contributed by atoms with Crippen molar-refractivity contribution in [3.05, 3.63) is 71.3 Å². The monoisotopic (exact) mass is 337 g/mol. The van der Waals surface area contributed by atoms with Gasteiger partial charge in [0.05, 0.1) is 13.1 Å². The van der Waals surface area contributed by atoms with Gasteiger partial charge >= 0.3 is 0 Å². The lowest BCUT2D eigenvalue weighted by Crippen LogP contribution is -2.17. The number of rotatable bonds is 7. The molecule has 0 spiro atoms. The molecule has 0 aliphatic heterocycles. The maximum absolute atomic E-state index is 5.96. The summed E-state index contributed by atoms with van der Waals surface area (Å²) < 4.78 is 11.3. The maximum atomic E-state index is 5.96. The highest BCUT2D eigenvalue weighted by Crippen LogP contribution is 2.47. The van der Waals surface area contributed by atoms with E-state index >= 15 is 0 Å². The highest BCUT2D eigenvalue weighted by atomic mass is 16.5. The van der Waals surface area contributed by atoms with Crippen LogP contribution in [0.5, 0.6) is 0 Å². The van der Waals surface area contributed by atoms with E-state index in [1.54, 1.807) is 0 Å². The summed E-state index contributed by atoms with van der Waals surface area (Å²) >= 11 is 0. The second kappa shape index (κ2) is 6.84. The van der Waals surface area contributed by atoms with Crippen molar-refractivity contribution in [1.29, 1.82) is 0 Å². The van der Waals surface area contributed by atoms with Crippen LogP contribution in [0.3, 0.4) is 0 Å². The van der Waals surface area contributed by atoms with E-state index in [2.05, 4.69) is 46.2 Å². The summed E-state index contributed by atoms with van der Waals surface area (Å²) in [6.07, 6.45) is 1.93. The van der Waals surface area contributed by atoms with Crippen LogP contribution in [0.2, 0.25) is 0 Å². The number of nitrogens with zero attached hydrogens (tertiary/aromatic N) is 3. The summed E-state index contributed by atoms with van der Waals surface area (Å²) in [6, 6.07) is 14.4. The van der Waals surface area contributed by atoms with Crippen molar-refractivity contribution in [2.45, 2.75) is 38.8 Å². The zero-order valence-corrected chi connectivity index (χ0v) is 14.7. The molecule has 5 nitrogen and oxygen atoms in total. The summed E-state index contributed by atoms with van der Waals surface area (Å²) in [5, 5.41) is 4.08. The first kappa shape index (κ1) is 16.1. The zero-order valence-electron chi connectivity index (χ0n) is 14.7. The fourth-order valence-corrected chi connectivity index (χ4v) is 3.15. The molecule has 0 radical (unpaired) electrons. The standard InChI is InChI=1S/C20H23N3O2/c1-14-10-17(14)18-9-8-16(24-18)12-23(2)13-20-21-19(22-25-20)11-15-6-4-3-5-7-15/h3-9,14,17H,10-13H2,1-2H3/t14-,17+/m0/s1. The summed E-state index contributed by atoms with van der Waals surface area (Å²) in [6.45, 7) is 3.61. The lowest BCUT2D eigenvalue weighted by atomic mass is 10.1. The van der Waals surface area contributed by atoms with Gasteiger partial charge in [-0.2, -0.15) is 4.98 Å². The molecule has 1 fully saturated rings. The van der Waals surface area contributed by atoms with E-state index in [9.17, 15) is 0 Å². The predicted octanol–water partition coefficient (Wildman–Crippen LogP) is 4.01. The summed E-state index contributed by atoms with van der Waals surface area (Å²) in [7, 11) is 2.03. The van der Waals surface area contributed by atoms with Crippen LogP contribution in [0.25, 0.3) is 0 Å². The van der Waals surface area contributed by atoms with Crippen LogP contribution in [0.15, 0.2) is 51.4 Å². The Balaban J connectivity index is 1.32. The average Bonchev–Trinajstić information content (AvgIpc) is 2.97. The van der Waals surface area contributed by atoms with Gasteiger partial charge < -0.3 is 8.94 Å². The number of benzene rings is 1. The van der Waals surface area contributed by atoms with Crippen LogP contribution in [-0.2, 0) is 19.5 Å². The van der Waals surface area contributed by atoms with E-state index in [1.165, 1.54) is 12.0 Å². The first-order chi connectivity index (χ1) is 12.2. The van der Waals surface area contributed by atoms with Crippen molar-refractivity contribution < 1.29 is 8.94 Å². The summed E-state index contributed by atoms with van der Waals surface area (Å²) in [5.41, 5.74) is 1.18. The molecule has 1 aliphatic carbocycles. The molecule has 3 aromatic rings. The molecule has 0 amide bonds. The molecule has 0 saturated heterocycles. The molecule has 4 rings (SSSR count). The Morgan fingerprint density at radius 1 is 1.12 bits per heavy atom. The van der Waals surface area contributed by atoms with Crippen molar-refractivity contribution in [3.8, 4) is 0 Å². The Bertz CT molecular complexity index is 824. The molecule has 2 aromatic heterocycles. The Kier molecular flexibility index (Phi) is 4.40. The molecule has 25 heavy (non-hydrogen) atoms. The van der Waals surface area contributed by atoms with Crippen LogP contribution in [0.1, 0.15) is 48.1 Å². The minimum absolute atomic E-state index is 0.609.